The molecule has 0 radical (unpaired) electrons. The molecule has 4 rings (SSSR count). The Morgan fingerprint density at radius 1 is 0.971 bits per heavy atom. The molecule has 2 amide bonds. The highest BCUT2D eigenvalue weighted by Gasteiger charge is 2.43. The molecule has 0 aromatic heterocycles. The summed E-state index contributed by atoms with van der Waals surface area (Å²) < 4.78 is 5.28. The minimum atomic E-state index is -1.45. The second-order valence-corrected chi connectivity index (χ2v) is 7.84. The zero-order chi connectivity index (χ0) is 25.3. The van der Waals surface area contributed by atoms with Gasteiger partial charge < -0.3 is 21.3 Å². The van der Waals surface area contributed by atoms with Crippen molar-refractivity contribution in [2.45, 2.75) is 12.1 Å². The lowest BCUT2D eigenvalue weighted by atomic mass is 10.0. The van der Waals surface area contributed by atoms with Crippen molar-refractivity contribution in [1.82, 2.24) is 4.90 Å². The van der Waals surface area contributed by atoms with Crippen LogP contribution in [0.2, 0.25) is 0 Å². The van der Waals surface area contributed by atoms with Crippen LogP contribution in [0.5, 0.6) is 0 Å². The Kier molecular flexibility index (Phi) is 6.17. The number of aliphatic hydroxyl groups excluding tert-OH is 1. The molecule has 1 heterocycles. The van der Waals surface area contributed by atoms with E-state index in [4.69, 9.17) is 16.2 Å². The van der Waals surface area contributed by atoms with Gasteiger partial charge in [-0.25, -0.2) is 4.79 Å². The highest BCUT2D eigenvalue weighted by Crippen LogP contribution is 2.31. The molecule has 2 atom stereocenters. The quantitative estimate of drug-likeness (QED) is 0.152. The zero-order valence-electron chi connectivity index (χ0n) is 18.2. The molecule has 0 bridgehead atoms. The van der Waals surface area contributed by atoms with E-state index in [0.717, 1.165) is 17.0 Å². The van der Waals surface area contributed by atoms with Crippen LogP contribution in [0.4, 0.5) is 17.1 Å². The van der Waals surface area contributed by atoms with Gasteiger partial charge in [-0.1, -0.05) is 24.3 Å². The number of imide groups is 1. The normalized spacial score (nSPS) is 14.4. The Bertz CT molecular complexity index is 1300. The first-order valence-electron chi connectivity index (χ1n) is 10.4. The van der Waals surface area contributed by atoms with Gasteiger partial charge in [-0.3, -0.25) is 24.6 Å². The molecule has 35 heavy (non-hydrogen) atoms. The van der Waals surface area contributed by atoms with Crippen molar-refractivity contribution < 1.29 is 29.2 Å². The molecule has 0 aliphatic carbocycles. The Morgan fingerprint density at radius 2 is 1.54 bits per heavy atom. The number of nitro groups is 1. The molecule has 11 heteroatoms. The lowest BCUT2D eigenvalue weighted by molar-refractivity contribution is -0.385. The number of nitrogens with two attached hydrogens (primary N) is 2. The molecule has 3 aromatic rings. The van der Waals surface area contributed by atoms with E-state index >= 15 is 0 Å². The standard InChI is InChI=1S/C24H20N4O7/c25-14-7-5-13(6-8-14)21(29)20(27-22(30)16-3-1-2-4-17(16)23(27)31)12-35-24(32)18-10-9-15(26)11-19(18)28(33)34/h1-11,20-21,29H,12,25-26H2. The molecule has 0 saturated carbocycles. The minimum Gasteiger partial charge on any atom is -0.460 e. The number of carbonyl (C=O) groups is 3. The van der Waals surface area contributed by atoms with Crippen LogP contribution in [0, 0.1) is 10.1 Å². The van der Waals surface area contributed by atoms with Crippen molar-refractivity contribution in [2.75, 3.05) is 18.1 Å². The Labute approximate surface area is 198 Å². The number of fused-ring (bicyclic) bond motifs is 1. The summed E-state index contributed by atoms with van der Waals surface area (Å²) >= 11 is 0. The van der Waals surface area contributed by atoms with Crippen LogP contribution < -0.4 is 11.5 Å². The fraction of sp³-hybridized carbons (Fsp3) is 0.125. The van der Waals surface area contributed by atoms with Gasteiger partial charge in [-0.2, -0.15) is 0 Å². The van der Waals surface area contributed by atoms with Crippen molar-refractivity contribution in [2.24, 2.45) is 0 Å². The molecule has 0 saturated heterocycles. The molecule has 5 N–H and O–H groups in total. The summed E-state index contributed by atoms with van der Waals surface area (Å²) in [6.07, 6.45) is -1.45. The van der Waals surface area contributed by atoms with Gasteiger partial charge in [0.05, 0.1) is 16.1 Å². The van der Waals surface area contributed by atoms with Crippen LogP contribution in [0.25, 0.3) is 0 Å². The van der Waals surface area contributed by atoms with Crippen LogP contribution in [-0.2, 0) is 4.74 Å². The topological polar surface area (TPSA) is 179 Å². The average Bonchev–Trinajstić information content (AvgIpc) is 3.09. The fourth-order valence-corrected chi connectivity index (χ4v) is 3.84. The van der Waals surface area contributed by atoms with E-state index in [1.54, 1.807) is 12.1 Å². The lowest BCUT2D eigenvalue weighted by Gasteiger charge is -2.30. The molecule has 11 nitrogen and oxygen atoms in total. The highest BCUT2D eigenvalue weighted by atomic mass is 16.6. The van der Waals surface area contributed by atoms with E-state index in [0.29, 0.717) is 11.3 Å². The molecule has 0 fully saturated rings. The maximum absolute atomic E-state index is 13.1. The van der Waals surface area contributed by atoms with Gasteiger partial charge in [0.25, 0.3) is 17.5 Å². The number of esters is 1. The largest absolute Gasteiger partial charge is 0.460 e. The van der Waals surface area contributed by atoms with Gasteiger partial charge in [-0.05, 0) is 42.0 Å². The maximum Gasteiger partial charge on any atom is 0.345 e. The second-order valence-electron chi connectivity index (χ2n) is 7.84. The number of anilines is 2. The summed E-state index contributed by atoms with van der Waals surface area (Å²) in [7, 11) is 0. The molecule has 1 aliphatic heterocycles. The summed E-state index contributed by atoms with van der Waals surface area (Å²) in [5.41, 5.74) is 11.5. The molecular weight excluding hydrogens is 456 g/mol. The first-order valence-corrected chi connectivity index (χ1v) is 10.4. The van der Waals surface area contributed by atoms with Crippen LogP contribution >= 0.6 is 0 Å². The molecule has 1 aliphatic rings. The molecule has 0 spiro atoms. The van der Waals surface area contributed by atoms with Gasteiger partial charge in [0.2, 0.25) is 0 Å². The number of ether oxygens (including phenoxy) is 1. The third-order valence-corrected chi connectivity index (χ3v) is 5.62. The Balaban J connectivity index is 1.66. The Hall–Kier alpha value is -4.77. The number of rotatable bonds is 7. The predicted molar refractivity (Wildman–Crippen MR) is 124 cm³/mol. The van der Waals surface area contributed by atoms with E-state index < -0.39 is 47.1 Å². The Morgan fingerprint density at radius 3 is 2.11 bits per heavy atom. The molecular formula is C24H20N4O7. The number of nitro benzene ring substituents is 1. The second kappa shape index (κ2) is 9.23. The fourth-order valence-electron chi connectivity index (χ4n) is 3.84. The molecule has 178 valence electrons. The first kappa shape index (κ1) is 23.4. The summed E-state index contributed by atoms with van der Waals surface area (Å²) in [5, 5.41) is 22.5. The number of aliphatic hydroxyl groups is 1. The third kappa shape index (κ3) is 4.39. The molecule has 3 aromatic carbocycles. The number of amides is 2. The van der Waals surface area contributed by atoms with Crippen LogP contribution in [0.15, 0.2) is 66.7 Å². The highest BCUT2D eigenvalue weighted by molar-refractivity contribution is 6.21. The van der Waals surface area contributed by atoms with Gasteiger partial charge in [0, 0.05) is 17.4 Å². The van der Waals surface area contributed by atoms with Crippen molar-refractivity contribution in [1.29, 1.82) is 0 Å². The van der Waals surface area contributed by atoms with Crippen molar-refractivity contribution >= 4 is 34.8 Å². The van der Waals surface area contributed by atoms with Gasteiger partial charge in [0.15, 0.2) is 0 Å². The van der Waals surface area contributed by atoms with Crippen molar-refractivity contribution in [3.05, 3.63) is 99.1 Å². The van der Waals surface area contributed by atoms with Crippen molar-refractivity contribution in [3.63, 3.8) is 0 Å². The van der Waals surface area contributed by atoms with Gasteiger partial charge >= 0.3 is 5.97 Å². The number of benzene rings is 3. The van der Waals surface area contributed by atoms with E-state index in [1.807, 2.05) is 0 Å². The lowest BCUT2D eigenvalue weighted by Crippen LogP contribution is -2.46. The van der Waals surface area contributed by atoms with Gasteiger partial charge in [-0.15, -0.1) is 0 Å². The summed E-state index contributed by atoms with van der Waals surface area (Å²) in [5.74, 6) is -2.41. The maximum atomic E-state index is 13.1. The van der Waals surface area contributed by atoms with Crippen LogP contribution in [0.3, 0.4) is 0 Å². The SMILES string of the molecule is Nc1ccc(C(O)C(COC(=O)c2ccc(N)cc2[N+](=O)[O-])N2C(=O)c3ccccc3C2=O)cc1. The van der Waals surface area contributed by atoms with E-state index in [2.05, 4.69) is 0 Å². The molecule has 2 unspecified atom stereocenters. The van der Waals surface area contributed by atoms with Crippen LogP contribution in [0.1, 0.15) is 42.7 Å². The number of hydrogen-bond donors (Lipinski definition) is 3. The third-order valence-electron chi connectivity index (χ3n) is 5.62. The van der Waals surface area contributed by atoms with E-state index in [9.17, 15) is 29.6 Å². The number of carbonyl (C=O) groups excluding carboxylic acids is 3. The first-order chi connectivity index (χ1) is 16.7. The van der Waals surface area contributed by atoms with E-state index in [-0.39, 0.29) is 22.4 Å². The predicted octanol–water partition coefficient (Wildman–Crippen LogP) is 2.31. The summed E-state index contributed by atoms with van der Waals surface area (Å²) in [4.78, 5) is 50.3. The minimum absolute atomic E-state index is 0.0796. The number of nitrogens with zero attached hydrogens (tertiary/aromatic N) is 2. The average molecular weight is 476 g/mol. The summed E-state index contributed by atoms with van der Waals surface area (Å²) in [6.45, 7) is -0.628. The number of nitrogen functional groups attached to an aromatic ring is 2. The number of hydrogen-bond acceptors (Lipinski definition) is 9. The van der Waals surface area contributed by atoms with E-state index in [1.165, 1.54) is 42.5 Å². The zero-order valence-corrected chi connectivity index (χ0v) is 18.2. The van der Waals surface area contributed by atoms with Gasteiger partial charge in [0.1, 0.15) is 24.3 Å². The van der Waals surface area contributed by atoms with Crippen molar-refractivity contribution in [3.8, 4) is 0 Å². The summed E-state index contributed by atoms with van der Waals surface area (Å²) in [6, 6.07) is 14.4. The monoisotopic (exact) mass is 476 g/mol. The van der Waals surface area contributed by atoms with Crippen LogP contribution in [-0.4, -0.2) is 45.4 Å². The smallest absolute Gasteiger partial charge is 0.345 e.